The molecule has 0 radical (unpaired) electrons. The van der Waals surface area contributed by atoms with Crippen LogP contribution in [0, 0.1) is 0 Å². The second kappa shape index (κ2) is 70.0. The molecule has 0 aromatic rings. The Morgan fingerprint density at radius 1 is 0.253 bits per heavy atom. The SMILES string of the molecule is CC/C=C\C/C=C\C/C=C\C/C=C\C/C=C\C/C=C\C/C=C\C/C=C\C/C=C\C/C=C\CCCCCCC(=O)OCC(COC(=O)CCCCCCC/C=C\CCCC)OC(=O)CCCCCCCCCCCCCCCCCCCCC. The van der Waals surface area contributed by atoms with Gasteiger partial charge < -0.3 is 14.2 Å². The van der Waals surface area contributed by atoms with Crippen LogP contribution in [0.15, 0.2) is 134 Å². The predicted molar refractivity (Wildman–Crippen MR) is 362 cm³/mol. The number of carbonyl (C=O) groups is 3. The van der Waals surface area contributed by atoms with Gasteiger partial charge in [0.15, 0.2) is 6.10 Å². The zero-order chi connectivity index (χ0) is 59.9. The minimum atomic E-state index is -0.794. The van der Waals surface area contributed by atoms with Crippen molar-refractivity contribution >= 4 is 17.9 Å². The summed E-state index contributed by atoms with van der Waals surface area (Å²) in [5, 5.41) is 0. The largest absolute Gasteiger partial charge is 0.462 e. The predicted octanol–water partition coefficient (Wildman–Crippen LogP) is 24.1. The molecular formula is C77H128O6. The Hall–Kier alpha value is -4.45. The van der Waals surface area contributed by atoms with E-state index in [0.29, 0.717) is 19.3 Å². The van der Waals surface area contributed by atoms with Crippen LogP contribution >= 0.6 is 0 Å². The van der Waals surface area contributed by atoms with Crippen LogP contribution in [0.5, 0.6) is 0 Å². The molecule has 0 heterocycles. The first-order valence-corrected chi connectivity index (χ1v) is 34.7. The maximum Gasteiger partial charge on any atom is 0.306 e. The van der Waals surface area contributed by atoms with E-state index in [0.717, 1.165) is 148 Å². The number of esters is 3. The van der Waals surface area contributed by atoms with Crippen molar-refractivity contribution in [1.29, 1.82) is 0 Å². The van der Waals surface area contributed by atoms with Crippen molar-refractivity contribution in [3.8, 4) is 0 Å². The van der Waals surface area contributed by atoms with Gasteiger partial charge >= 0.3 is 17.9 Å². The molecule has 0 amide bonds. The topological polar surface area (TPSA) is 78.9 Å². The molecule has 1 unspecified atom stereocenters. The van der Waals surface area contributed by atoms with Crippen LogP contribution in [0.25, 0.3) is 0 Å². The van der Waals surface area contributed by atoms with Gasteiger partial charge in [0, 0.05) is 19.3 Å². The molecule has 472 valence electrons. The monoisotopic (exact) mass is 1150 g/mol. The fraction of sp³-hybridized carbons (Fsp3) is 0.675. The molecule has 0 N–H and O–H groups in total. The van der Waals surface area contributed by atoms with Crippen molar-refractivity contribution in [2.75, 3.05) is 13.2 Å². The Morgan fingerprint density at radius 3 is 0.783 bits per heavy atom. The highest BCUT2D eigenvalue weighted by Gasteiger charge is 2.19. The van der Waals surface area contributed by atoms with Gasteiger partial charge in [-0.3, -0.25) is 14.4 Å². The van der Waals surface area contributed by atoms with E-state index in [1.807, 2.05) is 0 Å². The normalized spacial score (nSPS) is 13.0. The van der Waals surface area contributed by atoms with Crippen LogP contribution in [0.4, 0.5) is 0 Å². The van der Waals surface area contributed by atoms with Gasteiger partial charge in [0.05, 0.1) is 0 Å². The smallest absolute Gasteiger partial charge is 0.306 e. The average molecular weight is 1150 g/mol. The van der Waals surface area contributed by atoms with E-state index in [1.165, 1.54) is 128 Å². The highest BCUT2D eigenvalue weighted by molar-refractivity contribution is 5.71. The number of ether oxygens (including phenoxy) is 3. The Bertz CT molecular complexity index is 1750. The second-order valence-electron chi connectivity index (χ2n) is 22.7. The molecule has 6 heteroatoms. The molecule has 0 fully saturated rings. The molecule has 0 aliphatic heterocycles. The number of rotatable bonds is 62. The zero-order valence-corrected chi connectivity index (χ0v) is 54.2. The van der Waals surface area contributed by atoms with Crippen molar-refractivity contribution in [1.82, 2.24) is 0 Å². The van der Waals surface area contributed by atoms with Crippen LogP contribution in [0.3, 0.4) is 0 Å². The fourth-order valence-electron chi connectivity index (χ4n) is 9.45. The van der Waals surface area contributed by atoms with Gasteiger partial charge in [-0.15, -0.1) is 0 Å². The van der Waals surface area contributed by atoms with Crippen molar-refractivity contribution < 1.29 is 28.6 Å². The van der Waals surface area contributed by atoms with Crippen LogP contribution in [-0.2, 0) is 28.6 Å². The van der Waals surface area contributed by atoms with Crippen LogP contribution in [0.2, 0.25) is 0 Å². The van der Waals surface area contributed by atoms with E-state index in [4.69, 9.17) is 14.2 Å². The minimum Gasteiger partial charge on any atom is -0.462 e. The maximum atomic E-state index is 12.9. The number of carbonyl (C=O) groups excluding carboxylic acids is 3. The highest BCUT2D eigenvalue weighted by atomic mass is 16.6. The lowest BCUT2D eigenvalue weighted by molar-refractivity contribution is -0.167. The van der Waals surface area contributed by atoms with Gasteiger partial charge in [-0.2, -0.15) is 0 Å². The van der Waals surface area contributed by atoms with Gasteiger partial charge in [-0.05, 0) is 116 Å². The second-order valence-corrected chi connectivity index (χ2v) is 22.7. The summed E-state index contributed by atoms with van der Waals surface area (Å²) in [6, 6.07) is 0. The molecular weight excluding hydrogens is 1020 g/mol. The van der Waals surface area contributed by atoms with E-state index in [9.17, 15) is 14.4 Å². The summed E-state index contributed by atoms with van der Waals surface area (Å²) < 4.78 is 16.9. The quantitative estimate of drug-likeness (QED) is 0.0261. The molecule has 0 rings (SSSR count). The molecule has 0 bridgehead atoms. The summed E-state index contributed by atoms with van der Waals surface area (Å²) in [5.41, 5.74) is 0. The highest BCUT2D eigenvalue weighted by Crippen LogP contribution is 2.17. The third kappa shape index (κ3) is 68.2. The Kier molecular flexibility index (Phi) is 66.3. The van der Waals surface area contributed by atoms with Crippen LogP contribution in [-0.4, -0.2) is 37.2 Å². The molecule has 6 nitrogen and oxygen atoms in total. The third-order valence-corrected chi connectivity index (χ3v) is 14.6. The first-order chi connectivity index (χ1) is 41.0. The van der Waals surface area contributed by atoms with Gasteiger partial charge in [0.2, 0.25) is 0 Å². The molecule has 0 saturated heterocycles. The summed E-state index contributed by atoms with van der Waals surface area (Å²) in [4.78, 5) is 38.3. The van der Waals surface area contributed by atoms with Crippen LogP contribution < -0.4 is 0 Å². The van der Waals surface area contributed by atoms with Gasteiger partial charge in [0.1, 0.15) is 13.2 Å². The first kappa shape index (κ1) is 78.5. The Morgan fingerprint density at radius 2 is 0.482 bits per heavy atom. The first-order valence-electron chi connectivity index (χ1n) is 34.7. The molecule has 0 saturated carbocycles. The van der Waals surface area contributed by atoms with E-state index in [1.54, 1.807) is 0 Å². The summed E-state index contributed by atoms with van der Waals surface area (Å²) in [6.45, 7) is 6.48. The lowest BCUT2D eigenvalue weighted by Gasteiger charge is -2.18. The van der Waals surface area contributed by atoms with Crippen molar-refractivity contribution in [3.05, 3.63) is 134 Å². The molecule has 0 spiro atoms. The third-order valence-electron chi connectivity index (χ3n) is 14.6. The Balaban J connectivity index is 4.29. The fourth-order valence-corrected chi connectivity index (χ4v) is 9.45. The Labute approximate surface area is 513 Å². The molecule has 0 aliphatic carbocycles. The van der Waals surface area contributed by atoms with Crippen molar-refractivity contribution in [3.63, 3.8) is 0 Å². The van der Waals surface area contributed by atoms with Gasteiger partial charge in [-0.25, -0.2) is 0 Å². The van der Waals surface area contributed by atoms with E-state index in [-0.39, 0.29) is 31.1 Å². The number of hydrogen-bond acceptors (Lipinski definition) is 6. The van der Waals surface area contributed by atoms with E-state index in [2.05, 4.69) is 154 Å². The van der Waals surface area contributed by atoms with Crippen LogP contribution in [0.1, 0.15) is 316 Å². The zero-order valence-electron chi connectivity index (χ0n) is 54.2. The maximum absolute atomic E-state index is 12.9. The summed E-state index contributed by atoms with van der Waals surface area (Å²) in [5.74, 6) is -0.917. The van der Waals surface area contributed by atoms with Gasteiger partial charge in [-0.1, -0.05) is 315 Å². The summed E-state index contributed by atoms with van der Waals surface area (Å²) in [7, 11) is 0. The molecule has 0 aromatic heterocycles. The lowest BCUT2D eigenvalue weighted by atomic mass is 10.0. The molecule has 0 aliphatic rings. The number of allylic oxidation sites excluding steroid dienone is 22. The number of unbranched alkanes of at least 4 members (excludes halogenated alkanes) is 29. The number of hydrogen-bond donors (Lipinski definition) is 0. The van der Waals surface area contributed by atoms with Gasteiger partial charge in [0.25, 0.3) is 0 Å². The van der Waals surface area contributed by atoms with E-state index < -0.39 is 6.10 Å². The average Bonchev–Trinajstić information content (AvgIpc) is 3.48. The van der Waals surface area contributed by atoms with Crippen molar-refractivity contribution in [2.45, 2.75) is 322 Å². The molecule has 1 atom stereocenters. The minimum absolute atomic E-state index is 0.0904. The van der Waals surface area contributed by atoms with E-state index >= 15 is 0 Å². The lowest BCUT2D eigenvalue weighted by Crippen LogP contribution is -2.30. The summed E-state index contributed by atoms with van der Waals surface area (Å²) >= 11 is 0. The standard InChI is InChI=1S/C77H128O6/c1-4-7-10-13-16-19-22-24-26-28-30-31-32-33-34-35-36-37-38-39-40-41-42-43-44-45-47-48-50-52-55-58-61-64-67-70-76(79)82-73-74(72-81-75(78)69-66-63-60-57-54-21-18-15-12-9-6-3)83-77(80)71-68-65-62-59-56-53-51-49-46-29-27-25-23-20-17-14-11-8-5-2/h7,10,15-16,18-19,24,26,30-31,33-34,36-37,39-40,42-43,45,47,50,52,74H,4-6,8-9,11-14,17,20-23,25,27-29,32,35,38,41,44,46,48-49,51,53-73H2,1-3H3/b10-7-,18-15-,19-16-,26-24-,31-30-,34-33-,37-36-,40-39-,43-42-,47-45-,52-50-. The molecule has 0 aromatic carbocycles. The molecule has 83 heavy (non-hydrogen) atoms. The summed E-state index contributed by atoms with van der Waals surface area (Å²) in [6.07, 6.45) is 99.1. The van der Waals surface area contributed by atoms with Crippen molar-refractivity contribution in [2.24, 2.45) is 0 Å².